The molecule has 2 aliphatic heterocycles. The van der Waals surface area contributed by atoms with Crippen LogP contribution in [0.4, 0.5) is 18.9 Å². The Kier molecular flexibility index (Phi) is 5.90. The van der Waals surface area contributed by atoms with Crippen LogP contribution >= 0.6 is 0 Å². The van der Waals surface area contributed by atoms with Crippen molar-refractivity contribution < 1.29 is 27.6 Å². The molecule has 4 rings (SSSR count). The monoisotopic (exact) mass is 445 g/mol. The molecule has 2 saturated heterocycles. The Hall–Kier alpha value is -3.36. The second kappa shape index (κ2) is 8.64. The van der Waals surface area contributed by atoms with Crippen LogP contribution in [0.5, 0.6) is 0 Å². The molecular formula is C23H22F3N3O3. The maximum atomic E-state index is 13.4. The Morgan fingerprint density at radius 3 is 2.06 bits per heavy atom. The molecule has 1 atom stereocenters. The van der Waals surface area contributed by atoms with E-state index in [9.17, 15) is 27.6 Å². The molecule has 0 aliphatic carbocycles. The number of rotatable bonds is 4. The lowest BCUT2D eigenvalue weighted by atomic mass is 10.0. The molecule has 2 fully saturated rings. The maximum absolute atomic E-state index is 13.4. The van der Waals surface area contributed by atoms with Gasteiger partial charge in [-0.25, -0.2) is 0 Å². The Morgan fingerprint density at radius 1 is 0.844 bits per heavy atom. The van der Waals surface area contributed by atoms with E-state index in [-0.39, 0.29) is 43.7 Å². The van der Waals surface area contributed by atoms with Crippen LogP contribution in [-0.2, 0) is 20.6 Å². The van der Waals surface area contributed by atoms with Gasteiger partial charge in [0, 0.05) is 44.7 Å². The first-order chi connectivity index (χ1) is 15.3. The molecule has 3 amide bonds. The maximum Gasteiger partial charge on any atom is 0.416 e. The molecular weight excluding hydrogens is 423 g/mol. The van der Waals surface area contributed by atoms with Crippen LogP contribution in [0.3, 0.4) is 0 Å². The van der Waals surface area contributed by atoms with Gasteiger partial charge < -0.3 is 9.80 Å². The Morgan fingerprint density at radius 2 is 1.47 bits per heavy atom. The number of hydrogen-bond acceptors (Lipinski definition) is 4. The number of amides is 3. The number of nitrogens with zero attached hydrogens (tertiary/aromatic N) is 3. The topological polar surface area (TPSA) is 60.9 Å². The van der Waals surface area contributed by atoms with Crippen molar-refractivity contribution in [3.63, 3.8) is 0 Å². The van der Waals surface area contributed by atoms with E-state index in [1.165, 1.54) is 6.07 Å². The number of piperazine rings is 1. The van der Waals surface area contributed by atoms with E-state index in [0.717, 1.165) is 17.0 Å². The van der Waals surface area contributed by atoms with E-state index in [0.29, 0.717) is 24.3 Å². The second-order valence-electron chi connectivity index (χ2n) is 7.83. The fourth-order valence-electron chi connectivity index (χ4n) is 4.16. The van der Waals surface area contributed by atoms with Gasteiger partial charge in [-0.1, -0.05) is 36.4 Å². The molecule has 0 N–H and O–H groups in total. The van der Waals surface area contributed by atoms with Gasteiger partial charge in [-0.2, -0.15) is 13.2 Å². The summed E-state index contributed by atoms with van der Waals surface area (Å²) in [4.78, 5) is 42.6. The first-order valence-electron chi connectivity index (χ1n) is 10.4. The zero-order chi connectivity index (χ0) is 22.9. The van der Waals surface area contributed by atoms with Crippen molar-refractivity contribution in [1.29, 1.82) is 0 Å². The quantitative estimate of drug-likeness (QED) is 0.678. The summed E-state index contributed by atoms with van der Waals surface area (Å²) in [6.45, 7) is 1.23. The second-order valence-corrected chi connectivity index (χ2v) is 7.83. The van der Waals surface area contributed by atoms with Crippen LogP contribution in [0.1, 0.15) is 30.0 Å². The van der Waals surface area contributed by atoms with Crippen molar-refractivity contribution in [1.82, 2.24) is 9.80 Å². The largest absolute Gasteiger partial charge is 0.416 e. The van der Waals surface area contributed by atoms with Crippen molar-refractivity contribution in [2.24, 2.45) is 0 Å². The number of hydrogen-bond donors (Lipinski definition) is 0. The molecule has 0 spiro atoms. The molecule has 168 valence electrons. The van der Waals surface area contributed by atoms with Crippen molar-refractivity contribution in [3.05, 3.63) is 65.7 Å². The Balaban J connectivity index is 1.51. The van der Waals surface area contributed by atoms with E-state index in [4.69, 9.17) is 0 Å². The predicted molar refractivity (Wildman–Crippen MR) is 111 cm³/mol. The van der Waals surface area contributed by atoms with Gasteiger partial charge in [0.1, 0.15) is 6.04 Å². The summed E-state index contributed by atoms with van der Waals surface area (Å²) in [6, 6.07) is 12.8. The first kappa shape index (κ1) is 21.9. The van der Waals surface area contributed by atoms with E-state index >= 15 is 0 Å². The van der Waals surface area contributed by atoms with E-state index in [1.54, 1.807) is 46.2 Å². The number of imide groups is 1. The van der Waals surface area contributed by atoms with Crippen LogP contribution in [0.15, 0.2) is 54.6 Å². The smallest absolute Gasteiger partial charge is 0.368 e. The molecule has 0 saturated carbocycles. The molecule has 2 aromatic rings. The highest BCUT2D eigenvalue weighted by Crippen LogP contribution is 2.33. The summed E-state index contributed by atoms with van der Waals surface area (Å²) in [5, 5.41) is 0. The highest BCUT2D eigenvalue weighted by Gasteiger charge is 2.42. The lowest BCUT2D eigenvalue weighted by molar-refractivity contribution is -0.151. The Bertz CT molecular complexity index is 1000. The number of anilines is 1. The lowest BCUT2D eigenvalue weighted by Crippen LogP contribution is -2.53. The molecule has 32 heavy (non-hydrogen) atoms. The van der Waals surface area contributed by atoms with E-state index in [1.807, 2.05) is 0 Å². The van der Waals surface area contributed by atoms with Gasteiger partial charge in [0.05, 0.1) is 5.56 Å². The average molecular weight is 445 g/mol. The first-order valence-corrected chi connectivity index (χ1v) is 10.4. The van der Waals surface area contributed by atoms with Crippen LogP contribution in [0, 0.1) is 0 Å². The fraction of sp³-hybridized carbons (Fsp3) is 0.348. The highest BCUT2D eigenvalue weighted by molar-refractivity contribution is 6.05. The molecule has 0 aromatic heterocycles. The van der Waals surface area contributed by atoms with E-state index < -0.39 is 17.8 Å². The van der Waals surface area contributed by atoms with Gasteiger partial charge in [0.2, 0.25) is 11.8 Å². The summed E-state index contributed by atoms with van der Waals surface area (Å²) in [7, 11) is 0. The van der Waals surface area contributed by atoms with Crippen molar-refractivity contribution in [3.8, 4) is 0 Å². The number of benzene rings is 2. The van der Waals surface area contributed by atoms with Gasteiger partial charge in [-0.3, -0.25) is 19.3 Å². The van der Waals surface area contributed by atoms with Crippen molar-refractivity contribution in [2.75, 3.05) is 31.1 Å². The lowest BCUT2D eigenvalue weighted by Gasteiger charge is -2.39. The molecule has 6 nitrogen and oxygen atoms in total. The van der Waals surface area contributed by atoms with Gasteiger partial charge >= 0.3 is 6.18 Å². The number of carbonyl (C=O) groups excluding carboxylic acids is 3. The summed E-state index contributed by atoms with van der Waals surface area (Å²) in [5.41, 5.74) is 0.279. The minimum atomic E-state index is -4.43. The number of carbonyl (C=O) groups is 3. The summed E-state index contributed by atoms with van der Waals surface area (Å²) >= 11 is 0. The van der Waals surface area contributed by atoms with Crippen molar-refractivity contribution >= 4 is 23.4 Å². The summed E-state index contributed by atoms with van der Waals surface area (Å²) in [5.74, 6) is -1.11. The molecule has 9 heteroatoms. The average Bonchev–Trinajstić information content (AvgIpc) is 3.12. The normalized spacial score (nSPS) is 18.3. The van der Waals surface area contributed by atoms with Crippen LogP contribution < -0.4 is 4.90 Å². The zero-order valence-electron chi connectivity index (χ0n) is 17.2. The number of likely N-dealkylation sites (tertiary alicyclic amines) is 1. The summed E-state index contributed by atoms with van der Waals surface area (Å²) in [6.07, 6.45) is -4.26. The van der Waals surface area contributed by atoms with Crippen LogP contribution in [-0.4, -0.2) is 53.7 Å². The fourth-order valence-corrected chi connectivity index (χ4v) is 4.16. The molecule has 2 aliphatic rings. The minimum absolute atomic E-state index is 0.0821. The number of halogens is 3. The molecule has 0 bridgehead atoms. The van der Waals surface area contributed by atoms with E-state index in [2.05, 4.69) is 0 Å². The third kappa shape index (κ3) is 4.32. The molecule has 2 aromatic carbocycles. The van der Waals surface area contributed by atoms with Gasteiger partial charge in [0.15, 0.2) is 0 Å². The molecule has 2 heterocycles. The zero-order valence-corrected chi connectivity index (χ0v) is 17.2. The van der Waals surface area contributed by atoms with Crippen molar-refractivity contribution in [2.45, 2.75) is 25.1 Å². The third-order valence-corrected chi connectivity index (χ3v) is 5.83. The summed E-state index contributed by atoms with van der Waals surface area (Å²) < 4.78 is 39.1. The molecule has 1 unspecified atom stereocenters. The van der Waals surface area contributed by atoms with Gasteiger partial charge in [-0.05, 0) is 23.8 Å². The van der Waals surface area contributed by atoms with Gasteiger partial charge in [0.25, 0.3) is 5.91 Å². The Labute approximate surface area is 183 Å². The minimum Gasteiger partial charge on any atom is -0.368 e. The van der Waals surface area contributed by atoms with Gasteiger partial charge in [-0.15, -0.1) is 0 Å². The number of alkyl halides is 3. The third-order valence-electron chi connectivity index (χ3n) is 5.83. The predicted octanol–water partition coefficient (Wildman–Crippen LogP) is 3.24. The highest BCUT2D eigenvalue weighted by atomic mass is 19.4. The SMILES string of the molecule is O=C(C(c1ccccc1)N1C(=O)CCC1=O)N1CCN(c2cccc(C(F)(F)F)c2)CC1. The van der Waals surface area contributed by atoms with Crippen LogP contribution in [0.2, 0.25) is 0 Å². The standard InChI is InChI=1S/C23H22F3N3O3/c24-23(25,26)17-7-4-8-18(15-17)27-11-13-28(14-12-27)22(32)21(16-5-2-1-3-6-16)29-19(30)9-10-20(29)31/h1-8,15,21H,9-14H2. The van der Waals surface area contributed by atoms with Crippen LogP contribution in [0.25, 0.3) is 0 Å². The molecule has 0 radical (unpaired) electrons.